The number of carbonyl (C=O) groups excluding carboxylic acids is 2. The van der Waals surface area contributed by atoms with Crippen LogP contribution in [0, 0.1) is 0 Å². The number of aromatic nitrogens is 2. The van der Waals surface area contributed by atoms with Crippen molar-refractivity contribution in [3.05, 3.63) is 84.4 Å². The van der Waals surface area contributed by atoms with Gasteiger partial charge in [-0.1, -0.05) is 36.4 Å². The van der Waals surface area contributed by atoms with Crippen LogP contribution in [0.3, 0.4) is 0 Å². The van der Waals surface area contributed by atoms with Gasteiger partial charge >= 0.3 is 6.03 Å². The second-order valence-corrected chi connectivity index (χ2v) is 6.58. The third kappa shape index (κ3) is 4.41. The Balaban J connectivity index is 1.47. The van der Waals surface area contributed by atoms with Gasteiger partial charge in [-0.25, -0.2) is 4.79 Å². The lowest BCUT2D eigenvalue weighted by Gasteiger charge is -2.09. The Kier molecular flexibility index (Phi) is 5.34. The molecule has 1 heterocycles. The van der Waals surface area contributed by atoms with E-state index in [1.165, 1.54) is 6.92 Å². The molecule has 1 aromatic heterocycles. The maximum absolute atomic E-state index is 12.3. The van der Waals surface area contributed by atoms with Crippen LogP contribution in [0.15, 0.2) is 83.3 Å². The van der Waals surface area contributed by atoms with E-state index < -0.39 is 6.03 Å². The molecule has 148 valence electrons. The minimum Gasteiger partial charge on any atom is -0.416 e. The number of ketones is 1. The van der Waals surface area contributed by atoms with Crippen LogP contribution in [0.4, 0.5) is 16.2 Å². The maximum atomic E-state index is 12.3. The molecule has 2 N–H and O–H groups in total. The molecule has 3 aromatic carbocycles. The molecule has 0 aliphatic carbocycles. The molecule has 0 aliphatic heterocycles. The molecule has 7 nitrogen and oxygen atoms in total. The highest BCUT2D eigenvalue weighted by atomic mass is 16.4. The Morgan fingerprint density at radius 3 is 2.03 bits per heavy atom. The summed E-state index contributed by atoms with van der Waals surface area (Å²) in [6, 6.07) is 22.9. The molecule has 0 atom stereocenters. The van der Waals surface area contributed by atoms with Gasteiger partial charge in [0.25, 0.3) is 0 Å². The summed E-state index contributed by atoms with van der Waals surface area (Å²) in [5, 5.41) is 13.7. The van der Waals surface area contributed by atoms with E-state index in [0.717, 1.165) is 5.56 Å². The van der Waals surface area contributed by atoms with Gasteiger partial charge in [0, 0.05) is 28.1 Å². The Morgan fingerprint density at radius 2 is 1.33 bits per heavy atom. The average Bonchev–Trinajstić information content (AvgIpc) is 3.25. The Labute approximate surface area is 172 Å². The van der Waals surface area contributed by atoms with Crippen LogP contribution in [0.2, 0.25) is 0 Å². The van der Waals surface area contributed by atoms with Crippen molar-refractivity contribution in [1.82, 2.24) is 10.2 Å². The molecule has 0 saturated carbocycles. The first-order valence-electron chi connectivity index (χ1n) is 9.27. The predicted octanol–water partition coefficient (Wildman–Crippen LogP) is 5.25. The van der Waals surface area contributed by atoms with E-state index in [9.17, 15) is 9.59 Å². The lowest BCUT2D eigenvalue weighted by molar-refractivity contribution is 0.101. The van der Waals surface area contributed by atoms with E-state index >= 15 is 0 Å². The van der Waals surface area contributed by atoms with Gasteiger partial charge in [-0.05, 0) is 49.4 Å². The van der Waals surface area contributed by atoms with E-state index in [-0.39, 0.29) is 5.78 Å². The summed E-state index contributed by atoms with van der Waals surface area (Å²) in [4.78, 5) is 23.8. The number of anilines is 2. The van der Waals surface area contributed by atoms with Crippen molar-refractivity contribution in [2.45, 2.75) is 6.92 Å². The zero-order valence-corrected chi connectivity index (χ0v) is 16.1. The normalized spacial score (nSPS) is 10.4. The fourth-order valence-corrected chi connectivity index (χ4v) is 2.88. The molecular formula is C23H18N4O3. The Morgan fingerprint density at radius 1 is 0.733 bits per heavy atom. The number of urea groups is 1. The van der Waals surface area contributed by atoms with Gasteiger partial charge in [0.2, 0.25) is 11.8 Å². The monoisotopic (exact) mass is 398 g/mol. The number of hydrogen-bond acceptors (Lipinski definition) is 5. The highest BCUT2D eigenvalue weighted by molar-refractivity contribution is 6.01. The molecule has 0 bridgehead atoms. The summed E-state index contributed by atoms with van der Waals surface area (Å²) in [5.41, 5.74) is 3.13. The predicted molar refractivity (Wildman–Crippen MR) is 114 cm³/mol. The molecule has 0 saturated heterocycles. The molecule has 0 fully saturated rings. The van der Waals surface area contributed by atoms with Crippen molar-refractivity contribution in [1.29, 1.82) is 0 Å². The number of hydrogen-bond donors (Lipinski definition) is 2. The topological polar surface area (TPSA) is 97.1 Å². The molecule has 7 heteroatoms. The first-order valence-corrected chi connectivity index (χ1v) is 9.27. The van der Waals surface area contributed by atoms with Gasteiger partial charge in [0.15, 0.2) is 5.78 Å². The molecule has 2 amide bonds. The van der Waals surface area contributed by atoms with E-state index in [4.69, 9.17) is 4.42 Å². The van der Waals surface area contributed by atoms with Gasteiger partial charge < -0.3 is 15.1 Å². The van der Waals surface area contributed by atoms with Gasteiger partial charge in [0.05, 0.1) is 0 Å². The van der Waals surface area contributed by atoms with Crippen molar-refractivity contribution in [2.24, 2.45) is 0 Å². The van der Waals surface area contributed by atoms with Crippen LogP contribution >= 0.6 is 0 Å². The summed E-state index contributed by atoms with van der Waals surface area (Å²) in [7, 11) is 0. The third-order valence-electron chi connectivity index (χ3n) is 4.34. The Hall–Kier alpha value is -4.26. The second kappa shape index (κ2) is 8.40. The van der Waals surface area contributed by atoms with Crippen LogP contribution in [-0.4, -0.2) is 22.0 Å². The highest BCUT2D eigenvalue weighted by Gasteiger charge is 2.11. The van der Waals surface area contributed by atoms with Gasteiger partial charge in [-0.3, -0.25) is 4.79 Å². The molecular weight excluding hydrogens is 380 g/mol. The fraction of sp³-hybridized carbons (Fsp3) is 0.0435. The van der Waals surface area contributed by atoms with E-state index in [2.05, 4.69) is 20.8 Å². The van der Waals surface area contributed by atoms with Crippen molar-refractivity contribution < 1.29 is 14.0 Å². The zero-order chi connectivity index (χ0) is 20.9. The molecule has 4 rings (SSSR count). The van der Waals surface area contributed by atoms with Crippen molar-refractivity contribution >= 4 is 23.2 Å². The number of amides is 2. The van der Waals surface area contributed by atoms with E-state index in [1.807, 2.05) is 36.4 Å². The van der Waals surface area contributed by atoms with Crippen LogP contribution in [0.1, 0.15) is 17.3 Å². The lowest BCUT2D eigenvalue weighted by Crippen LogP contribution is -2.19. The van der Waals surface area contributed by atoms with Gasteiger partial charge in [-0.2, -0.15) is 0 Å². The Bertz CT molecular complexity index is 1200. The summed E-state index contributed by atoms with van der Waals surface area (Å²) in [6.07, 6.45) is 0. The van der Waals surface area contributed by atoms with Crippen LogP contribution in [0.25, 0.3) is 22.9 Å². The number of nitrogens with zero attached hydrogens (tertiary/aromatic N) is 2. The molecule has 0 aliphatic rings. The molecule has 4 aromatic rings. The summed E-state index contributed by atoms with van der Waals surface area (Å²) >= 11 is 0. The minimum atomic E-state index is -0.427. The van der Waals surface area contributed by atoms with Crippen molar-refractivity contribution in [2.75, 3.05) is 10.6 Å². The number of nitrogens with one attached hydrogen (secondary N) is 2. The first-order chi connectivity index (χ1) is 14.6. The molecule has 0 unspecified atom stereocenters. The summed E-state index contributed by atoms with van der Waals surface area (Å²) < 4.78 is 5.76. The molecule has 30 heavy (non-hydrogen) atoms. The smallest absolute Gasteiger partial charge is 0.323 e. The number of Topliss-reactive ketones (excluding diaryl/α,β-unsaturated/α-hetero) is 1. The molecule has 0 spiro atoms. The fourth-order valence-electron chi connectivity index (χ4n) is 2.88. The number of benzene rings is 3. The van der Waals surface area contributed by atoms with Gasteiger partial charge in [-0.15, -0.1) is 10.2 Å². The van der Waals surface area contributed by atoms with Crippen molar-refractivity contribution in [3.8, 4) is 22.9 Å². The zero-order valence-electron chi connectivity index (χ0n) is 16.1. The summed E-state index contributed by atoms with van der Waals surface area (Å²) in [5.74, 6) is 0.709. The van der Waals surface area contributed by atoms with Crippen LogP contribution < -0.4 is 10.6 Å². The van der Waals surface area contributed by atoms with E-state index in [0.29, 0.717) is 34.3 Å². The maximum Gasteiger partial charge on any atom is 0.323 e. The average molecular weight is 398 g/mol. The van der Waals surface area contributed by atoms with Crippen LogP contribution in [-0.2, 0) is 0 Å². The second-order valence-electron chi connectivity index (χ2n) is 6.58. The van der Waals surface area contributed by atoms with E-state index in [1.54, 1.807) is 42.5 Å². The van der Waals surface area contributed by atoms with Crippen LogP contribution in [0.5, 0.6) is 0 Å². The third-order valence-corrected chi connectivity index (χ3v) is 4.34. The largest absolute Gasteiger partial charge is 0.416 e. The van der Waals surface area contributed by atoms with Gasteiger partial charge in [0.1, 0.15) is 0 Å². The lowest BCUT2D eigenvalue weighted by atomic mass is 10.1. The summed E-state index contributed by atoms with van der Waals surface area (Å²) in [6.45, 7) is 1.48. The molecule has 0 radical (unpaired) electrons. The highest BCUT2D eigenvalue weighted by Crippen LogP contribution is 2.25. The SMILES string of the molecule is CC(=O)c1cccc(NC(=O)Nc2cccc(-c3nnc(-c4ccccc4)o3)c2)c1. The standard InChI is InChI=1S/C23H18N4O3/c1-15(28)17-9-5-11-19(13-17)24-23(29)25-20-12-6-10-18(14-20)22-27-26-21(30-22)16-7-3-2-4-8-16/h2-14H,1H3,(H2,24,25,29). The number of carbonyl (C=O) groups is 2. The minimum absolute atomic E-state index is 0.0683. The van der Waals surface area contributed by atoms with Crippen molar-refractivity contribution in [3.63, 3.8) is 0 Å². The quantitative estimate of drug-likeness (QED) is 0.448. The first kappa shape index (κ1) is 19.1. The number of rotatable bonds is 5.